The number of nitrogens with zero attached hydrogens (tertiary/aromatic N) is 1. The Morgan fingerprint density at radius 3 is 2.71 bits per heavy atom. The lowest BCUT2D eigenvalue weighted by molar-refractivity contribution is 0.0919. The molecule has 1 atom stereocenters. The fourth-order valence-corrected chi connectivity index (χ4v) is 2.77. The van der Waals surface area contributed by atoms with Crippen molar-refractivity contribution in [1.29, 1.82) is 0 Å². The highest BCUT2D eigenvalue weighted by Gasteiger charge is 2.21. The van der Waals surface area contributed by atoms with Crippen LogP contribution in [-0.4, -0.2) is 43.6 Å². The van der Waals surface area contributed by atoms with Crippen LogP contribution < -0.4 is 10.1 Å². The van der Waals surface area contributed by atoms with Gasteiger partial charge in [-0.1, -0.05) is 19.1 Å². The quantitative estimate of drug-likeness (QED) is 0.906. The van der Waals surface area contributed by atoms with Gasteiger partial charge in [-0.2, -0.15) is 0 Å². The number of para-hydroxylation sites is 1. The third-order valence-electron chi connectivity index (χ3n) is 4.35. The van der Waals surface area contributed by atoms with Gasteiger partial charge in [0.05, 0.1) is 12.7 Å². The van der Waals surface area contributed by atoms with E-state index in [0.717, 1.165) is 19.0 Å². The van der Waals surface area contributed by atoms with Crippen LogP contribution in [0.15, 0.2) is 24.3 Å². The number of amides is 1. The average Bonchev–Trinajstić information content (AvgIpc) is 2.52. The first-order chi connectivity index (χ1) is 10.1. The van der Waals surface area contributed by atoms with Gasteiger partial charge in [0, 0.05) is 12.6 Å². The van der Waals surface area contributed by atoms with Crippen molar-refractivity contribution in [1.82, 2.24) is 10.2 Å². The molecule has 21 heavy (non-hydrogen) atoms. The van der Waals surface area contributed by atoms with Crippen LogP contribution in [0.3, 0.4) is 0 Å². The average molecular weight is 290 g/mol. The van der Waals surface area contributed by atoms with Gasteiger partial charge in [-0.05, 0) is 50.9 Å². The molecule has 1 aliphatic rings. The molecule has 4 heteroatoms. The second kappa shape index (κ2) is 7.46. The largest absolute Gasteiger partial charge is 0.496 e. The minimum Gasteiger partial charge on any atom is -0.496 e. The van der Waals surface area contributed by atoms with E-state index in [1.165, 1.54) is 12.8 Å². The molecule has 1 aromatic rings. The highest BCUT2D eigenvalue weighted by Crippen LogP contribution is 2.19. The summed E-state index contributed by atoms with van der Waals surface area (Å²) >= 11 is 0. The van der Waals surface area contributed by atoms with Gasteiger partial charge in [-0.15, -0.1) is 0 Å². The summed E-state index contributed by atoms with van der Waals surface area (Å²) in [6.45, 7) is 7.43. The first-order valence-corrected chi connectivity index (χ1v) is 7.77. The van der Waals surface area contributed by atoms with E-state index < -0.39 is 0 Å². The van der Waals surface area contributed by atoms with Crippen molar-refractivity contribution in [3.63, 3.8) is 0 Å². The Morgan fingerprint density at radius 2 is 2.05 bits per heavy atom. The van der Waals surface area contributed by atoms with E-state index in [9.17, 15) is 4.79 Å². The van der Waals surface area contributed by atoms with Crippen LogP contribution >= 0.6 is 0 Å². The fraction of sp³-hybridized carbons (Fsp3) is 0.588. The van der Waals surface area contributed by atoms with Gasteiger partial charge in [-0.3, -0.25) is 9.69 Å². The van der Waals surface area contributed by atoms with E-state index >= 15 is 0 Å². The van der Waals surface area contributed by atoms with Gasteiger partial charge >= 0.3 is 0 Å². The van der Waals surface area contributed by atoms with Gasteiger partial charge in [-0.25, -0.2) is 0 Å². The summed E-state index contributed by atoms with van der Waals surface area (Å²) in [5.74, 6) is 1.38. The van der Waals surface area contributed by atoms with Gasteiger partial charge in [0.15, 0.2) is 0 Å². The molecule has 0 bridgehead atoms. The molecule has 0 spiro atoms. The summed E-state index contributed by atoms with van der Waals surface area (Å²) < 4.78 is 5.23. The number of piperidine rings is 1. The zero-order chi connectivity index (χ0) is 15.2. The van der Waals surface area contributed by atoms with Crippen LogP contribution in [0.4, 0.5) is 0 Å². The Hall–Kier alpha value is -1.55. The predicted octanol–water partition coefficient (Wildman–Crippen LogP) is 2.55. The number of carbonyl (C=O) groups is 1. The molecule has 1 aliphatic heterocycles. The molecule has 1 saturated heterocycles. The van der Waals surface area contributed by atoms with E-state index in [-0.39, 0.29) is 5.91 Å². The molecule has 1 amide bonds. The summed E-state index contributed by atoms with van der Waals surface area (Å²) in [6, 6.07) is 7.70. The third-order valence-corrected chi connectivity index (χ3v) is 4.35. The van der Waals surface area contributed by atoms with Crippen LogP contribution in [0.5, 0.6) is 5.75 Å². The first kappa shape index (κ1) is 15.8. The normalized spacial score (nSPS) is 18.2. The molecule has 116 valence electrons. The summed E-state index contributed by atoms with van der Waals surface area (Å²) in [4.78, 5) is 14.7. The van der Waals surface area contributed by atoms with E-state index in [2.05, 4.69) is 24.1 Å². The standard InChI is InChI=1S/C17H26N2O2/c1-13-8-10-19(11-9-13)14(2)12-18-17(20)15-6-4-5-7-16(15)21-3/h4-7,13-14H,8-12H2,1-3H3,(H,18,20). The van der Waals surface area contributed by atoms with Crippen molar-refractivity contribution >= 4 is 5.91 Å². The molecule has 1 heterocycles. The van der Waals surface area contributed by atoms with E-state index in [4.69, 9.17) is 4.74 Å². The van der Waals surface area contributed by atoms with Gasteiger partial charge < -0.3 is 10.1 Å². The molecule has 1 N–H and O–H groups in total. The zero-order valence-electron chi connectivity index (χ0n) is 13.3. The number of benzene rings is 1. The molecule has 4 nitrogen and oxygen atoms in total. The van der Waals surface area contributed by atoms with Crippen LogP contribution in [0.25, 0.3) is 0 Å². The smallest absolute Gasteiger partial charge is 0.255 e. The van der Waals surface area contributed by atoms with Crippen molar-refractivity contribution in [2.45, 2.75) is 32.7 Å². The van der Waals surface area contributed by atoms with Gasteiger partial charge in [0.25, 0.3) is 5.91 Å². The SMILES string of the molecule is COc1ccccc1C(=O)NCC(C)N1CCC(C)CC1. The molecule has 1 unspecified atom stereocenters. The topological polar surface area (TPSA) is 41.6 Å². The Kier molecular flexibility index (Phi) is 5.62. The van der Waals surface area contributed by atoms with Crippen molar-refractivity contribution < 1.29 is 9.53 Å². The molecular weight excluding hydrogens is 264 g/mol. The maximum absolute atomic E-state index is 12.3. The molecule has 1 fully saturated rings. The maximum Gasteiger partial charge on any atom is 0.255 e. The number of hydrogen-bond acceptors (Lipinski definition) is 3. The highest BCUT2D eigenvalue weighted by molar-refractivity contribution is 5.96. The lowest BCUT2D eigenvalue weighted by Gasteiger charge is -2.35. The Morgan fingerprint density at radius 1 is 1.38 bits per heavy atom. The monoisotopic (exact) mass is 290 g/mol. The zero-order valence-corrected chi connectivity index (χ0v) is 13.3. The summed E-state index contributed by atoms with van der Waals surface area (Å²) in [6.07, 6.45) is 2.51. The summed E-state index contributed by atoms with van der Waals surface area (Å²) in [5.41, 5.74) is 0.597. The number of carbonyl (C=O) groups excluding carboxylic acids is 1. The van der Waals surface area contributed by atoms with E-state index in [1.54, 1.807) is 13.2 Å². The Labute approximate surface area is 127 Å². The molecule has 0 radical (unpaired) electrons. The first-order valence-electron chi connectivity index (χ1n) is 7.77. The second-order valence-electron chi connectivity index (χ2n) is 5.98. The fourth-order valence-electron chi connectivity index (χ4n) is 2.77. The molecule has 1 aromatic carbocycles. The van der Waals surface area contributed by atoms with Gasteiger partial charge in [0.1, 0.15) is 5.75 Å². The molecule has 2 rings (SSSR count). The van der Waals surface area contributed by atoms with E-state index in [1.807, 2.05) is 18.2 Å². The Bertz CT molecular complexity index is 468. The number of nitrogens with one attached hydrogen (secondary N) is 1. The summed E-state index contributed by atoms with van der Waals surface area (Å²) in [5, 5.41) is 3.02. The molecular formula is C17H26N2O2. The van der Waals surface area contributed by atoms with Crippen molar-refractivity contribution in [2.24, 2.45) is 5.92 Å². The lowest BCUT2D eigenvalue weighted by atomic mass is 9.98. The van der Waals surface area contributed by atoms with E-state index in [0.29, 0.717) is 23.9 Å². The van der Waals surface area contributed by atoms with Crippen LogP contribution in [-0.2, 0) is 0 Å². The van der Waals surface area contributed by atoms with Gasteiger partial charge in [0.2, 0.25) is 0 Å². The van der Waals surface area contributed by atoms with Crippen LogP contribution in [0.2, 0.25) is 0 Å². The number of hydrogen-bond donors (Lipinski definition) is 1. The van der Waals surface area contributed by atoms with Crippen molar-refractivity contribution in [3.8, 4) is 5.75 Å². The number of likely N-dealkylation sites (tertiary alicyclic amines) is 1. The van der Waals surface area contributed by atoms with Crippen LogP contribution in [0, 0.1) is 5.92 Å². The predicted molar refractivity (Wildman–Crippen MR) is 84.8 cm³/mol. The lowest BCUT2D eigenvalue weighted by Crippen LogP contribution is -2.45. The number of methoxy groups -OCH3 is 1. The van der Waals surface area contributed by atoms with Crippen molar-refractivity contribution in [3.05, 3.63) is 29.8 Å². The van der Waals surface area contributed by atoms with Crippen LogP contribution in [0.1, 0.15) is 37.0 Å². The third kappa shape index (κ3) is 4.21. The minimum atomic E-state index is -0.0651. The number of ether oxygens (including phenoxy) is 1. The molecule has 0 saturated carbocycles. The second-order valence-corrected chi connectivity index (χ2v) is 5.98. The Balaban J connectivity index is 1.86. The van der Waals surface area contributed by atoms with Crippen molar-refractivity contribution in [2.75, 3.05) is 26.7 Å². The number of rotatable bonds is 5. The minimum absolute atomic E-state index is 0.0651. The summed E-state index contributed by atoms with van der Waals surface area (Å²) in [7, 11) is 1.59. The molecule has 0 aromatic heterocycles. The maximum atomic E-state index is 12.3. The highest BCUT2D eigenvalue weighted by atomic mass is 16.5. The molecule has 0 aliphatic carbocycles.